The summed E-state index contributed by atoms with van der Waals surface area (Å²) < 4.78 is 0. The summed E-state index contributed by atoms with van der Waals surface area (Å²) in [7, 11) is 0. The molecule has 3 nitrogen and oxygen atoms in total. The minimum atomic E-state index is 0.192. The molecule has 5 unspecified atom stereocenters. The fourth-order valence-corrected chi connectivity index (χ4v) is 3.62. The van der Waals surface area contributed by atoms with E-state index in [4.69, 9.17) is 0 Å². The summed E-state index contributed by atoms with van der Waals surface area (Å²) in [5, 5.41) is 6.50. The van der Waals surface area contributed by atoms with Crippen LogP contribution in [0.5, 0.6) is 0 Å². The molecule has 3 aliphatic rings. The normalized spacial score (nSPS) is 42.7. The zero-order valence-corrected chi connectivity index (χ0v) is 9.78. The molecule has 1 aliphatic heterocycles. The molecule has 0 aromatic carbocycles. The number of carbonyl (C=O) groups is 1. The molecule has 0 aromatic heterocycles. The minimum absolute atomic E-state index is 0.192. The number of hydrogen-bond donors (Lipinski definition) is 2. The second-order valence-corrected chi connectivity index (χ2v) is 5.60. The first-order valence-corrected chi connectivity index (χ1v) is 6.43. The zero-order chi connectivity index (χ0) is 11.1. The fraction of sp³-hybridized carbons (Fsp3) is 0.769. The van der Waals surface area contributed by atoms with Gasteiger partial charge in [0.2, 0.25) is 5.91 Å². The lowest BCUT2D eigenvalue weighted by Crippen LogP contribution is -2.43. The molecular weight excluding hydrogens is 200 g/mol. The first-order chi connectivity index (χ1) is 7.72. The smallest absolute Gasteiger partial charge is 0.221 e. The van der Waals surface area contributed by atoms with Gasteiger partial charge in [-0.2, -0.15) is 0 Å². The zero-order valence-electron chi connectivity index (χ0n) is 9.78. The summed E-state index contributed by atoms with van der Waals surface area (Å²) >= 11 is 0. The highest BCUT2D eigenvalue weighted by Crippen LogP contribution is 2.44. The van der Waals surface area contributed by atoms with Crippen LogP contribution in [-0.4, -0.2) is 24.5 Å². The lowest BCUT2D eigenvalue weighted by molar-refractivity contribution is -0.119. The first-order valence-electron chi connectivity index (χ1n) is 6.43. The van der Waals surface area contributed by atoms with Crippen LogP contribution >= 0.6 is 0 Å². The van der Waals surface area contributed by atoms with E-state index in [1.54, 1.807) is 0 Å². The van der Waals surface area contributed by atoms with E-state index in [-0.39, 0.29) is 5.91 Å². The van der Waals surface area contributed by atoms with Crippen molar-refractivity contribution in [2.75, 3.05) is 6.54 Å². The Balaban J connectivity index is 1.55. The van der Waals surface area contributed by atoms with Gasteiger partial charge in [-0.25, -0.2) is 0 Å². The van der Waals surface area contributed by atoms with Crippen molar-refractivity contribution < 1.29 is 4.79 Å². The molecule has 0 aromatic rings. The number of carbonyl (C=O) groups excluding carboxylic acids is 1. The lowest BCUT2D eigenvalue weighted by atomic mass is 9.87. The van der Waals surface area contributed by atoms with Gasteiger partial charge in [-0.15, -0.1) is 0 Å². The Hall–Kier alpha value is -0.830. The van der Waals surface area contributed by atoms with E-state index in [1.165, 1.54) is 12.8 Å². The second kappa shape index (κ2) is 3.88. The van der Waals surface area contributed by atoms with Crippen LogP contribution in [0.1, 0.15) is 26.2 Å². The van der Waals surface area contributed by atoms with Crippen molar-refractivity contribution in [3.8, 4) is 0 Å². The van der Waals surface area contributed by atoms with Gasteiger partial charge in [-0.3, -0.25) is 4.79 Å². The second-order valence-electron chi connectivity index (χ2n) is 5.60. The van der Waals surface area contributed by atoms with Gasteiger partial charge < -0.3 is 10.6 Å². The van der Waals surface area contributed by atoms with Crippen molar-refractivity contribution in [2.45, 2.75) is 38.3 Å². The molecule has 0 spiro atoms. The highest BCUT2D eigenvalue weighted by molar-refractivity contribution is 5.78. The van der Waals surface area contributed by atoms with Gasteiger partial charge in [-0.05, 0) is 37.5 Å². The summed E-state index contributed by atoms with van der Waals surface area (Å²) in [5.41, 5.74) is 0. The maximum absolute atomic E-state index is 11.1. The van der Waals surface area contributed by atoms with E-state index in [9.17, 15) is 4.79 Å². The number of amides is 1. The highest BCUT2D eigenvalue weighted by atomic mass is 16.1. The van der Waals surface area contributed by atoms with Crippen molar-refractivity contribution in [1.82, 2.24) is 10.6 Å². The van der Waals surface area contributed by atoms with Crippen LogP contribution in [0.4, 0.5) is 0 Å². The summed E-state index contributed by atoms with van der Waals surface area (Å²) in [4.78, 5) is 11.1. The Labute approximate surface area is 96.7 Å². The average Bonchev–Trinajstić information content (AvgIpc) is 2.93. The van der Waals surface area contributed by atoms with Crippen molar-refractivity contribution in [2.24, 2.45) is 17.8 Å². The van der Waals surface area contributed by atoms with E-state index in [1.807, 2.05) is 0 Å². The number of nitrogens with one attached hydrogen (secondary N) is 2. The molecule has 1 saturated heterocycles. The van der Waals surface area contributed by atoms with E-state index in [0.717, 1.165) is 24.3 Å². The molecule has 2 fully saturated rings. The monoisotopic (exact) mass is 220 g/mol. The third-order valence-corrected chi connectivity index (χ3v) is 4.45. The Morgan fingerprint density at radius 1 is 1.44 bits per heavy atom. The molecule has 5 atom stereocenters. The molecule has 3 rings (SSSR count). The summed E-state index contributed by atoms with van der Waals surface area (Å²) in [6.07, 6.45) is 8.13. The lowest BCUT2D eigenvalue weighted by Gasteiger charge is -2.28. The molecule has 1 saturated carbocycles. The summed E-state index contributed by atoms with van der Waals surface area (Å²) in [6.45, 7) is 3.09. The fourth-order valence-electron chi connectivity index (χ4n) is 3.62. The predicted molar refractivity (Wildman–Crippen MR) is 62.9 cm³/mol. The maximum Gasteiger partial charge on any atom is 0.221 e. The van der Waals surface area contributed by atoms with E-state index in [2.05, 4.69) is 29.7 Å². The van der Waals surface area contributed by atoms with Crippen LogP contribution < -0.4 is 10.6 Å². The van der Waals surface area contributed by atoms with Gasteiger partial charge in [0.25, 0.3) is 0 Å². The molecule has 1 amide bonds. The molecule has 1 heterocycles. The Morgan fingerprint density at radius 3 is 2.88 bits per heavy atom. The molecule has 2 N–H and O–H groups in total. The van der Waals surface area contributed by atoms with Gasteiger partial charge in [0, 0.05) is 25.0 Å². The highest BCUT2D eigenvalue weighted by Gasteiger charge is 2.39. The SMILES string of the molecule is CC(NC1CNC(=O)C1)C1CC2C=CC1C2. The number of fused-ring (bicyclic) bond motifs is 2. The van der Waals surface area contributed by atoms with Gasteiger partial charge in [0.1, 0.15) is 0 Å². The predicted octanol–water partition coefficient (Wildman–Crippen LogP) is 1.07. The maximum atomic E-state index is 11.1. The first kappa shape index (κ1) is 10.3. The van der Waals surface area contributed by atoms with Crippen LogP contribution in [0.3, 0.4) is 0 Å². The van der Waals surface area contributed by atoms with Crippen LogP contribution in [0, 0.1) is 17.8 Å². The van der Waals surface area contributed by atoms with Gasteiger partial charge in [-0.1, -0.05) is 12.2 Å². The van der Waals surface area contributed by atoms with Gasteiger partial charge >= 0.3 is 0 Å². The van der Waals surface area contributed by atoms with Gasteiger partial charge in [0.05, 0.1) is 0 Å². The molecule has 3 heteroatoms. The summed E-state index contributed by atoms with van der Waals surface area (Å²) in [5.74, 6) is 2.60. The van der Waals surface area contributed by atoms with E-state index >= 15 is 0 Å². The van der Waals surface area contributed by atoms with Crippen molar-refractivity contribution in [1.29, 1.82) is 0 Å². The third kappa shape index (κ3) is 1.77. The number of hydrogen-bond acceptors (Lipinski definition) is 2. The molecule has 88 valence electrons. The number of allylic oxidation sites excluding steroid dienone is 2. The van der Waals surface area contributed by atoms with Crippen molar-refractivity contribution in [3.05, 3.63) is 12.2 Å². The van der Waals surface area contributed by atoms with Crippen LogP contribution in [0.15, 0.2) is 12.2 Å². The Morgan fingerprint density at radius 2 is 2.31 bits per heavy atom. The minimum Gasteiger partial charge on any atom is -0.354 e. The topological polar surface area (TPSA) is 41.1 Å². The average molecular weight is 220 g/mol. The summed E-state index contributed by atoms with van der Waals surface area (Å²) in [6, 6.07) is 0.892. The Bertz CT molecular complexity index is 326. The quantitative estimate of drug-likeness (QED) is 0.698. The standard InChI is InChI=1S/C13H20N2O/c1-8(15-11-6-13(16)14-7-11)12-5-9-2-3-10(12)4-9/h2-3,8-12,15H,4-7H2,1H3,(H,14,16). The Kier molecular flexibility index (Phi) is 2.51. The van der Waals surface area contributed by atoms with E-state index in [0.29, 0.717) is 18.5 Å². The molecule has 0 radical (unpaired) electrons. The van der Waals surface area contributed by atoms with E-state index < -0.39 is 0 Å². The van der Waals surface area contributed by atoms with Crippen molar-refractivity contribution >= 4 is 5.91 Å². The van der Waals surface area contributed by atoms with Crippen LogP contribution in [0.2, 0.25) is 0 Å². The van der Waals surface area contributed by atoms with Gasteiger partial charge in [0.15, 0.2) is 0 Å². The molecule has 2 bridgehead atoms. The van der Waals surface area contributed by atoms with Crippen LogP contribution in [0.25, 0.3) is 0 Å². The third-order valence-electron chi connectivity index (χ3n) is 4.45. The van der Waals surface area contributed by atoms with Crippen LogP contribution in [-0.2, 0) is 4.79 Å². The largest absolute Gasteiger partial charge is 0.354 e. The number of rotatable bonds is 3. The van der Waals surface area contributed by atoms with Crippen molar-refractivity contribution in [3.63, 3.8) is 0 Å². The molecular formula is C13H20N2O. The molecule has 16 heavy (non-hydrogen) atoms. The molecule has 2 aliphatic carbocycles.